The number of carbonyl (C=O) groups excluding carboxylic acids is 1. The summed E-state index contributed by atoms with van der Waals surface area (Å²) in [4.78, 5) is 12.9. The highest BCUT2D eigenvalue weighted by Gasteiger charge is 2.29. The summed E-state index contributed by atoms with van der Waals surface area (Å²) in [6.45, 7) is 0.148. The van der Waals surface area contributed by atoms with Gasteiger partial charge < -0.3 is 10.1 Å². The van der Waals surface area contributed by atoms with E-state index < -0.39 is 5.51 Å². The molecular formula is C23H20F3NO2S. The Morgan fingerprint density at radius 1 is 1.03 bits per heavy atom. The highest BCUT2D eigenvalue weighted by atomic mass is 32.2. The standard InChI is InChI=1S/C23H20F3NO2S/c24-23(25,26)30-18-11-8-15(9-12-18)14-29-21-19-7-2-1-4-16(19)10-13-20(21)22(28)27-17-5-3-6-17/h1-2,4,7-13,17H,3,5-6,14H2,(H,27,28). The number of carbonyl (C=O) groups is 1. The maximum absolute atomic E-state index is 12.8. The van der Waals surface area contributed by atoms with E-state index in [1.165, 1.54) is 12.1 Å². The molecule has 1 aliphatic carbocycles. The van der Waals surface area contributed by atoms with Gasteiger partial charge in [-0.25, -0.2) is 0 Å². The Labute approximate surface area is 176 Å². The molecule has 7 heteroatoms. The third-order valence-electron chi connectivity index (χ3n) is 5.10. The second kappa shape index (κ2) is 8.60. The maximum Gasteiger partial charge on any atom is 0.446 e. The summed E-state index contributed by atoms with van der Waals surface area (Å²) in [5, 5.41) is 4.81. The molecule has 3 nitrogen and oxygen atoms in total. The molecule has 1 N–H and O–H groups in total. The molecule has 0 atom stereocenters. The number of rotatable bonds is 6. The summed E-state index contributed by atoms with van der Waals surface area (Å²) < 4.78 is 43.5. The van der Waals surface area contributed by atoms with Crippen molar-refractivity contribution >= 4 is 28.4 Å². The van der Waals surface area contributed by atoms with Gasteiger partial charge in [-0.05, 0) is 60.2 Å². The van der Waals surface area contributed by atoms with E-state index in [0.717, 1.165) is 35.6 Å². The van der Waals surface area contributed by atoms with E-state index >= 15 is 0 Å². The molecule has 3 aromatic rings. The molecule has 1 saturated carbocycles. The Kier molecular flexibility index (Phi) is 5.90. The van der Waals surface area contributed by atoms with Crippen molar-refractivity contribution in [1.82, 2.24) is 5.32 Å². The predicted molar refractivity (Wildman–Crippen MR) is 112 cm³/mol. The van der Waals surface area contributed by atoms with E-state index in [9.17, 15) is 18.0 Å². The summed E-state index contributed by atoms with van der Waals surface area (Å²) in [5.74, 6) is 0.316. The third-order valence-corrected chi connectivity index (χ3v) is 5.84. The van der Waals surface area contributed by atoms with Crippen molar-refractivity contribution in [2.24, 2.45) is 0 Å². The molecule has 0 spiro atoms. The Balaban J connectivity index is 1.56. The number of nitrogens with one attached hydrogen (secondary N) is 1. The lowest BCUT2D eigenvalue weighted by Crippen LogP contribution is -2.39. The molecule has 0 saturated heterocycles. The lowest BCUT2D eigenvalue weighted by molar-refractivity contribution is -0.0328. The molecule has 0 aliphatic heterocycles. The molecule has 0 aromatic heterocycles. The van der Waals surface area contributed by atoms with Crippen molar-refractivity contribution in [2.75, 3.05) is 0 Å². The number of halogens is 3. The second-order valence-corrected chi connectivity index (χ2v) is 8.38. The van der Waals surface area contributed by atoms with Crippen LogP contribution >= 0.6 is 11.8 Å². The smallest absolute Gasteiger partial charge is 0.446 e. The van der Waals surface area contributed by atoms with E-state index in [0.29, 0.717) is 11.3 Å². The summed E-state index contributed by atoms with van der Waals surface area (Å²) >= 11 is -0.148. The topological polar surface area (TPSA) is 38.3 Å². The molecule has 1 amide bonds. The van der Waals surface area contributed by atoms with Crippen LogP contribution in [0, 0.1) is 0 Å². The van der Waals surface area contributed by atoms with E-state index in [2.05, 4.69) is 5.32 Å². The average Bonchev–Trinajstić information content (AvgIpc) is 2.68. The number of benzene rings is 3. The molecule has 1 fully saturated rings. The van der Waals surface area contributed by atoms with Crippen LogP contribution in [0.15, 0.2) is 65.6 Å². The van der Waals surface area contributed by atoms with Gasteiger partial charge in [0.25, 0.3) is 5.91 Å². The molecule has 1 aliphatic rings. The predicted octanol–water partition coefficient (Wildman–Crippen LogP) is 6.31. The highest BCUT2D eigenvalue weighted by Crippen LogP contribution is 2.37. The summed E-state index contributed by atoms with van der Waals surface area (Å²) in [6.07, 6.45) is 3.09. The van der Waals surface area contributed by atoms with Gasteiger partial charge in [-0.3, -0.25) is 4.79 Å². The van der Waals surface area contributed by atoms with Crippen LogP contribution < -0.4 is 10.1 Å². The van der Waals surface area contributed by atoms with Crippen LogP contribution in [0.25, 0.3) is 10.8 Å². The zero-order chi connectivity index (χ0) is 21.1. The molecule has 3 aromatic carbocycles. The van der Waals surface area contributed by atoms with Crippen molar-refractivity contribution in [1.29, 1.82) is 0 Å². The van der Waals surface area contributed by atoms with Crippen LogP contribution in [0.1, 0.15) is 35.2 Å². The Hall–Kier alpha value is -2.67. The number of alkyl halides is 3. The lowest BCUT2D eigenvalue weighted by atomic mass is 9.92. The first kappa shape index (κ1) is 20.6. The fraction of sp³-hybridized carbons (Fsp3) is 0.261. The van der Waals surface area contributed by atoms with E-state index in [1.54, 1.807) is 18.2 Å². The van der Waals surface area contributed by atoms with Crippen molar-refractivity contribution in [3.63, 3.8) is 0 Å². The minimum Gasteiger partial charge on any atom is -0.487 e. The zero-order valence-corrected chi connectivity index (χ0v) is 16.9. The number of fused-ring (bicyclic) bond motifs is 1. The largest absolute Gasteiger partial charge is 0.487 e. The van der Waals surface area contributed by atoms with Gasteiger partial charge in [0.2, 0.25) is 0 Å². The quantitative estimate of drug-likeness (QED) is 0.465. The molecule has 30 heavy (non-hydrogen) atoms. The number of amides is 1. The number of ether oxygens (including phenoxy) is 1. The first-order valence-corrected chi connectivity index (χ1v) is 10.5. The fourth-order valence-electron chi connectivity index (χ4n) is 3.34. The van der Waals surface area contributed by atoms with Crippen molar-refractivity contribution < 1.29 is 22.7 Å². The van der Waals surface area contributed by atoms with Gasteiger partial charge in [-0.1, -0.05) is 42.5 Å². The molecule has 0 unspecified atom stereocenters. The first-order valence-electron chi connectivity index (χ1n) is 9.69. The van der Waals surface area contributed by atoms with Crippen molar-refractivity contribution in [2.45, 2.75) is 42.3 Å². The van der Waals surface area contributed by atoms with Crippen molar-refractivity contribution in [3.05, 3.63) is 71.8 Å². The molecule has 4 rings (SSSR count). The van der Waals surface area contributed by atoms with Crippen LogP contribution in [-0.2, 0) is 6.61 Å². The Bertz CT molecular complexity index is 1050. The summed E-state index contributed by atoms with van der Waals surface area (Å²) in [7, 11) is 0. The second-order valence-electron chi connectivity index (χ2n) is 7.25. The SMILES string of the molecule is O=C(NC1CCC1)c1ccc2ccccc2c1OCc1ccc(SC(F)(F)F)cc1. The summed E-state index contributed by atoms with van der Waals surface area (Å²) in [6, 6.07) is 17.5. The zero-order valence-electron chi connectivity index (χ0n) is 16.0. The maximum atomic E-state index is 12.8. The van der Waals surface area contributed by atoms with Crippen LogP contribution in [0.2, 0.25) is 0 Å². The monoisotopic (exact) mass is 431 g/mol. The van der Waals surface area contributed by atoms with Gasteiger partial charge in [-0.15, -0.1) is 0 Å². The minimum absolute atomic E-state index is 0.122. The highest BCUT2D eigenvalue weighted by molar-refractivity contribution is 8.00. The number of hydrogen-bond acceptors (Lipinski definition) is 3. The fourth-order valence-corrected chi connectivity index (χ4v) is 3.88. The molecule has 156 valence electrons. The van der Waals surface area contributed by atoms with Crippen LogP contribution in [0.5, 0.6) is 5.75 Å². The normalized spacial score (nSPS) is 14.4. The molecular weight excluding hydrogens is 411 g/mol. The average molecular weight is 431 g/mol. The Morgan fingerprint density at radius 3 is 2.43 bits per heavy atom. The van der Waals surface area contributed by atoms with Gasteiger partial charge in [0, 0.05) is 16.3 Å². The molecule has 0 bridgehead atoms. The number of hydrogen-bond donors (Lipinski definition) is 1. The molecule has 0 heterocycles. The first-order chi connectivity index (χ1) is 14.4. The summed E-state index contributed by atoms with van der Waals surface area (Å²) in [5.41, 5.74) is -3.13. The van der Waals surface area contributed by atoms with Gasteiger partial charge in [0.1, 0.15) is 12.4 Å². The minimum atomic E-state index is -4.32. The van der Waals surface area contributed by atoms with Crippen LogP contribution in [0.3, 0.4) is 0 Å². The van der Waals surface area contributed by atoms with E-state index in [-0.39, 0.29) is 35.2 Å². The third kappa shape index (κ3) is 4.90. The molecule has 0 radical (unpaired) electrons. The van der Waals surface area contributed by atoms with Crippen LogP contribution in [0.4, 0.5) is 13.2 Å². The van der Waals surface area contributed by atoms with E-state index in [4.69, 9.17) is 4.74 Å². The van der Waals surface area contributed by atoms with Gasteiger partial charge in [0.15, 0.2) is 0 Å². The van der Waals surface area contributed by atoms with Crippen molar-refractivity contribution in [3.8, 4) is 5.75 Å². The van der Waals surface area contributed by atoms with Gasteiger partial charge in [0.05, 0.1) is 5.56 Å². The van der Waals surface area contributed by atoms with Crippen LogP contribution in [-0.4, -0.2) is 17.5 Å². The number of thioether (sulfide) groups is 1. The Morgan fingerprint density at radius 2 is 1.77 bits per heavy atom. The van der Waals surface area contributed by atoms with E-state index in [1.807, 2.05) is 30.3 Å². The van der Waals surface area contributed by atoms with Gasteiger partial charge in [-0.2, -0.15) is 13.2 Å². The lowest BCUT2D eigenvalue weighted by Gasteiger charge is -2.27. The van der Waals surface area contributed by atoms with Gasteiger partial charge >= 0.3 is 5.51 Å².